The molecular formula is C11H16N2O. The second-order valence-corrected chi connectivity index (χ2v) is 3.88. The second-order valence-electron chi connectivity index (χ2n) is 3.88. The zero-order valence-corrected chi connectivity index (χ0v) is 8.66. The van der Waals surface area contributed by atoms with Crippen molar-refractivity contribution in [2.75, 3.05) is 32.5 Å². The lowest BCUT2D eigenvalue weighted by molar-refractivity contribution is 0.164. The third-order valence-corrected chi connectivity index (χ3v) is 2.27. The molecule has 0 saturated carbocycles. The van der Waals surface area contributed by atoms with Gasteiger partial charge < -0.3 is 15.0 Å². The Morgan fingerprint density at radius 2 is 2.21 bits per heavy atom. The minimum Gasteiger partial charge on any atom is -0.485 e. The molecule has 0 unspecified atom stereocenters. The van der Waals surface area contributed by atoms with Crippen LogP contribution >= 0.6 is 0 Å². The zero-order chi connectivity index (χ0) is 9.97. The van der Waals surface area contributed by atoms with Gasteiger partial charge in [0, 0.05) is 6.54 Å². The van der Waals surface area contributed by atoms with Crippen LogP contribution in [0.4, 0.5) is 5.69 Å². The van der Waals surface area contributed by atoms with E-state index in [2.05, 4.69) is 24.3 Å². The fraction of sp³-hybridized carbons (Fsp3) is 0.455. The van der Waals surface area contributed by atoms with E-state index in [1.165, 1.54) is 0 Å². The third-order valence-electron chi connectivity index (χ3n) is 2.27. The van der Waals surface area contributed by atoms with Crippen molar-refractivity contribution in [1.82, 2.24) is 4.90 Å². The maximum absolute atomic E-state index is 5.84. The number of ether oxygens (including phenoxy) is 1. The number of rotatable bonds is 2. The van der Waals surface area contributed by atoms with E-state index in [4.69, 9.17) is 4.74 Å². The highest BCUT2D eigenvalue weighted by Crippen LogP contribution is 2.28. The van der Waals surface area contributed by atoms with Crippen LogP contribution in [0, 0.1) is 0 Å². The Labute approximate surface area is 84.7 Å². The highest BCUT2D eigenvalue weighted by Gasteiger charge is 2.18. The molecule has 1 atom stereocenters. The molecule has 0 saturated heterocycles. The van der Waals surface area contributed by atoms with Gasteiger partial charge in [-0.05, 0) is 26.2 Å². The molecule has 1 N–H and O–H groups in total. The smallest absolute Gasteiger partial charge is 0.142 e. The Morgan fingerprint density at radius 1 is 1.43 bits per heavy atom. The van der Waals surface area contributed by atoms with Gasteiger partial charge in [0.1, 0.15) is 11.9 Å². The van der Waals surface area contributed by atoms with Crippen molar-refractivity contribution < 1.29 is 4.74 Å². The van der Waals surface area contributed by atoms with Crippen LogP contribution in [0.3, 0.4) is 0 Å². The van der Waals surface area contributed by atoms with Crippen molar-refractivity contribution in [3.8, 4) is 5.75 Å². The molecule has 76 valence electrons. The van der Waals surface area contributed by atoms with E-state index in [0.717, 1.165) is 24.5 Å². The Kier molecular flexibility index (Phi) is 2.59. The molecule has 0 bridgehead atoms. The fourth-order valence-electron chi connectivity index (χ4n) is 1.67. The molecule has 0 aliphatic carbocycles. The first-order valence-electron chi connectivity index (χ1n) is 4.90. The molecule has 14 heavy (non-hydrogen) atoms. The second kappa shape index (κ2) is 3.88. The van der Waals surface area contributed by atoms with E-state index in [0.29, 0.717) is 0 Å². The molecular weight excluding hydrogens is 176 g/mol. The first-order valence-corrected chi connectivity index (χ1v) is 4.90. The summed E-state index contributed by atoms with van der Waals surface area (Å²) in [6.45, 7) is 1.83. The van der Waals surface area contributed by atoms with Gasteiger partial charge in [-0.15, -0.1) is 0 Å². The summed E-state index contributed by atoms with van der Waals surface area (Å²) in [6, 6.07) is 8.06. The monoisotopic (exact) mass is 192 g/mol. The number of likely N-dealkylation sites (N-methyl/N-ethyl adjacent to an activating group) is 1. The van der Waals surface area contributed by atoms with Crippen LogP contribution in [0.15, 0.2) is 24.3 Å². The van der Waals surface area contributed by atoms with E-state index < -0.39 is 0 Å². The summed E-state index contributed by atoms with van der Waals surface area (Å²) in [5.74, 6) is 0.964. The highest BCUT2D eigenvalue weighted by molar-refractivity contribution is 5.57. The van der Waals surface area contributed by atoms with Crippen LogP contribution in [0.5, 0.6) is 5.75 Å². The number of nitrogens with one attached hydrogen (secondary N) is 1. The summed E-state index contributed by atoms with van der Waals surface area (Å²) in [5, 5.41) is 3.37. The van der Waals surface area contributed by atoms with Crippen molar-refractivity contribution in [3.05, 3.63) is 24.3 Å². The Hall–Kier alpha value is -1.22. The van der Waals surface area contributed by atoms with Crippen LogP contribution in [-0.2, 0) is 0 Å². The fourth-order valence-corrected chi connectivity index (χ4v) is 1.67. The van der Waals surface area contributed by atoms with Gasteiger partial charge in [-0.2, -0.15) is 0 Å². The van der Waals surface area contributed by atoms with E-state index in [9.17, 15) is 0 Å². The van der Waals surface area contributed by atoms with Crippen LogP contribution in [0.2, 0.25) is 0 Å². The molecule has 0 aromatic heterocycles. The average molecular weight is 192 g/mol. The standard InChI is InChI=1S/C11H16N2O/c1-13(2)8-9-7-12-10-5-3-4-6-11(10)14-9/h3-6,9,12H,7-8H2,1-2H3/t9-/m1/s1. The number of nitrogens with zero attached hydrogens (tertiary/aromatic N) is 1. The molecule has 1 heterocycles. The summed E-state index contributed by atoms with van der Waals surface area (Å²) in [7, 11) is 4.12. The van der Waals surface area contributed by atoms with Crippen molar-refractivity contribution >= 4 is 5.69 Å². The molecule has 1 aliphatic rings. The molecule has 0 amide bonds. The Balaban J connectivity index is 2.06. The summed E-state index contributed by atoms with van der Waals surface area (Å²) >= 11 is 0. The molecule has 0 radical (unpaired) electrons. The van der Waals surface area contributed by atoms with Gasteiger partial charge >= 0.3 is 0 Å². The predicted molar refractivity (Wildman–Crippen MR) is 57.9 cm³/mol. The first-order chi connectivity index (χ1) is 6.75. The number of anilines is 1. The number of hydrogen-bond acceptors (Lipinski definition) is 3. The van der Waals surface area contributed by atoms with Gasteiger partial charge in [-0.25, -0.2) is 0 Å². The molecule has 0 spiro atoms. The average Bonchev–Trinajstić information content (AvgIpc) is 2.17. The number of para-hydroxylation sites is 2. The maximum Gasteiger partial charge on any atom is 0.142 e. The molecule has 3 heteroatoms. The van der Waals surface area contributed by atoms with Crippen LogP contribution in [0.1, 0.15) is 0 Å². The van der Waals surface area contributed by atoms with Crippen molar-refractivity contribution in [2.45, 2.75) is 6.10 Å². The third kappa shape index (κ3) is 1.99. The Morgan fingerprint density at radius 3 is 3.00 bits per heavy atom. The zero-order valence-electron chi connectivity index (χ0n) is 8.66. The van der Waals surface area contributed by atoms with Gasteiger partial charge in [0.25, 0.3) is 0 Å². The van der Waals surface area contributed by atoms with E-state index in [-0.39, 0.29) is 6.10 Å². The van der Waals surface area contributed by atoms with Crippen LogP contribution in [-0.4, -0.2) is 38.2 Å². The van der Waals surface area contributed by atoms with Crippen molar-refractivity contribution in [1.29, 1.82) is 0 Å². The minimum atomic E-state index is 0.250. The number of fused-ring (bicyclic) bond motifs is 1. The number of hydrogen-bond donors (Lipinski definition) is 1. The van der Waals surface area contributed by atoms with E-state index in [1.54, 1.807) is 0 Å². The van der Waals surface area contributed by atoms with Crippen molar-refractivity contribution in [3.63, 3.8) is 0 Å². The summed E-state index contributed by atoms with van der Waals surface area (Å²) < 4.78 is 5.84. The van der Waals surface area contributed by atoms with Crippen molar-refractivity contribution in [2.24, 2.45) is 0 Å². The SMILES string of the molecule is CN(C)C[C@H]1CNc2ccccc2O1. The van der Waals surface area contributed by atoms with E-state index >= 15 is 0 Å². The Bertz CT molecular complexity index is 312. The molecule has 1 aliphatic heterocycles. The molecule has 2 rings (SSSR count). The van der Waals surface area contributed by atoms with E-state index in [1.807, 2.05) is 24.3 Å². The normalized spacial score (nSPS) is 19.8. The largest absolute Gasteiger partial charge is 0.485 e. The summed E-state index contributed by atoms with van der Waals surface area (Å²) in [5.41, 5.74) is 1.10. The molecule has 1 aromatic carbocycles. The first kappa shape index (κ1) is 9.34. The number of benzene rings is 1. The lowest BCUT2D eigenvalue weighted by Crippen LogP contribution is -2.38. The summed E-state index contributed by atoms with van der Waals surface area (Å²) in [6.07, 6.45) is 0.250. The molecule has 3 nitrogen and oxygen atoms in total. The van der Waals surface area contributed by atoms with Gasteiger partial charge in [0.15, 0.2) is 0 Å². The van der Waals surface area contributed by atoms with Crippen LogP contribution in [0.25, 0.3) is 0 Å². The topological polar surface area (TPSA) is 24.5 Å². The molecule has 0 fully saturated rings. The predicted octanol–water partition coefficient (Wildman–Crippen LogP) is 1.42. The minimum absolute atomic E-state index is 0.250. The quantitative estimate of drug-likeness (QED) is 0.767. The highest BCUT2D eigenvalue weighted by atomic mass is 16.5. The van der Waals surface area contributed by atoms with Gasteiger partial charge in [0.05, 0.1) is 12.2 Å². The van der Waals surface area contributed by atoms with Gasteiger partial charge in [-0.3, -0.25) is 0 Å². The lowest BCUT2D eigenvalue weighted by Gasteiger charge is -2.29. The van der Waals surface area contributed by atoms with Gasteiger partial charge in [0.2, 0.25) is 0 Å². The van der Waals surface area contributed by atoms with Crippen LogP contribution < -0.4 is 10.1 Å². The lowest BCUT2D eigenvalue weighted by atomic mass is 10.2. The molecule has 1 aromatic rings. The summed E-state index contributed by atoms with van der Waals surface area (Å²) in [4.78, 5) is 2.14. The van der Waals surface area contributed by atoms with Gasteiger partial charge in [-0.1, -0.05) is 12.1 Å². The maximum atomic E-state index is 5.84.